The summed E-state index contributed by atoms with van der Waals surface area (Å²) in [4.78, 5) is 11.0. The summed E-state index contributed by atoms with van der Waals surface area (Å²) in [5.41, 5.74) is 7.18. The highest BCUT2D eigenvalue weighted by Gasteiger charge is 2.14. The number of nitrogens with two attached hydrogens (primary N) is 1. The first kappa shape index (κ1) is 11.7. The van der Waals surface area contributed by atoms with Crippen molar-refractivity contribution < 1.29 is 4.79 Å². The zero-order valence-electron chi connectivity index (χ0n) is 9.88. The number of carbonyl (C=O) groups is 1. The number of rotatable bonds is 2. The molecule has 0 aliphatic carbocycles. The van der Waals surface area contributed by atoms with Gasteiger partial charge in [-0.25, -0.2) is 4.68 Å². The van der Waals surface area contributed by atoms with Crippen LogP contribution in [0.25, 0.3) is 5.82 Å². The third kappa shape index (κ3) is 1.80. The van der Waals surface area contributed by atoms with E-state index in [2.05, 4.69) is 21.4 Å². The Hall–Kier alpha value is -2.75. The molecule has 0 saturated heterocycles. The number of hydrogen-bond donors (Lipinski definition) is 1. The average molecular weight is 242 g/mol. The molecule has 7 nitrogen and oxygen atoms in total. The van der Waals surface area contributed by atoms with E-state index in [1.807, 2.05) is 0 Å². The Morgan fingerprint density at radius 1 is 1.44 bits per heavy atom. The lowest BCUT2D eigenvalue weighted by Gasteiger charge is -2.06. The van der Waals surface area contributed by atoms with Gasteiger partial charge in [-0.15, -0.1) is 5.10 Å². The van der Waals surface area contributed by atoms with Crippen LogP contribution in [0, 0.1) is 25.2 Å². The lowest BCUT2D eigenvalue weighted by Crippen LogP contribution is -2.10. The fourth-order valence-corrected chi connectivity index (χ4v) is 1.46. The number of hydrogen-bond acceptors (Lipinski definition) is 5. The predicted octanol–water partition coefficient (Wildman–Crippen LogP) is 0.250. The molecule has 2 heterocycles. The van der Waals surface area contributed by atoms with E-state index in [0.29, 0.717) is 11.3 Å². The normalized spacial score (nSPS) is 10.1. The number of nitrogens with zero attached hydrogens (tertiary/aromatic N) is 5. The molecule has 2 aromatic rings. The monoisotopic (exact) mass is 242 g/mol. The molecule has 7 heteroatoms. The topological polar surface area (TPSA) is 110 Å². The molecule has 0 aromatic carbocycles. The van der Waals surface area contributed by atoms with Crippen molar-refractivity contribution in [1.82, 2.24) is 20.0 Å². The van der Waals surface area contributed by atoms with Crippen LogP contribution in [0.3, 0.4) is 0 Å². The second-order valence-electron chi connectivity index (χ2n) is 3.76. The van der Waals surface area contributed by atoms with E-state index in [9.17, 15) is 4.79 Å². The van der Waals surface area contributed by atoms with Gasteiger partial charge in [-0.2, -0.15) is 15.5 Å². The van der Waals surface area contributed by atoms with Crippen molar-refractivity contribution >= 4 is 5.91 Å². The maximum absolute atomic E-state index is 11.0. The lowest BCUT2D eigenvalue weighted by atomic mass is 10.1. The number of nitriles is 1. The maximum Gasteiger partial charge on any atom is 0.251 e. The Labute approximate surface area is 103 Å². The van der Waals surface area contributed by atoms with Crippen molar-refractivity contribution in [3.8, 4) is 11.9 Å². The fourth-order valence-electron chi connectivity index (χ4n) is 1.46. The minimum Gasteiger partial charge on any atom is -0.366 e. The molecule has 2 rings (SSSR count). The molecular weight excluding hydrogens is 232 g/mol. The maximum atomic E-state index is 11.0. The number of amides is 1. The highest BCUT2D eigenvalue weighted by atomic mass is 16.1. The molecular formula is C11H10N6O. The fraction of sp³-hybridized carbons (Fsp3) is 0.182. The largest absolute Gasteiger partial charge is 0.366 e. The van der Waals surface area contributed by atoms with Gasteiger partial charge in [-0.05, 0) is 19.4 Å². The van der Waals surface area contributed by atoms with Gasteiger partial charge in [0.2, 0.25) is 0 Å². The Bertz CT molecular complexity index is 667. The first-order valence-corrected chi connectivity index (χ1v) is 5.13. The molecule has 90 valence electrons. The van der Waals surface area contributed by atoms with E-state index in [1.165, 1.54) is 17.1 Å². The van der Waals surface area contributed by atoms with Gasteiger partial charge < -0.3 is 5.73 Å². The van der Waals surface area contributed by atoms with Crippen LogP contribution in [0.1, 0.15) is 27.2 Å². The predicted molar refractivity (Wildman–Crippen MR) is 61.9 cm³/mol. The van der Waals surface area contributed by atoms with Crippen LogP contribution in [0.15, 0.2) is 12.4 Å². The van der Waals surface area contributed by atoms with Crippen LogP contribution >= 0.6 is 0 Å². The number of carbonyl (C=O) groups excluding carboxylic acids is 1. The van der Waals surface area contributed by atoms with Gasteiger partial charge in [-0.3, -0.25) is 4.79 Å². The summed E-state index contributed by atoms with van der Waals surface area (Å²) in [6, 6.07) is 2.06. The van der Waals surface area contributed by atoms with Gasteiger partial charge in [-0.1, -0.05) is 0 Å². The van der Waals surface area contributed by atoms with E-state index in [0.717, 1.165) is 5.56 Å². The van der Waals surface area contributed by atoms with Crippen LogP contribution in [0.2, 0.25) is 0 Å². The third-order valence-electron chi connectivity index (χ3n) is 2.63. The molecule has 2 N–H and O–H groups in total. The summed E-state index contributed by atoms with van der Waals surface area (Å²) in [6.45, 7) is 3.55. The molecule has 0 spiro atoms. The van der Waals surface area contributed by atoms with Crippen LogP contribution in [0.5, 0.6) is 0 Å². The summed E-state index contributed by atoms with van der Waals surface area (Å²) in [6.07, 6.45) is 2.74. The summed E-state index contributed by atoms with van der Waals surface area (Å²) in [5.74, 6) is -0.301. The van der Waals surface area contributed by atoms with Gasteiger partial charge in [0.15, 0.2) is 5.82 Å². The summed E-state index contributed by atoms with van der Waals surface area (Å²) >= 11 is 0. The highest BCUT2D eigenvalue weighted by Crippen LogP contribution is 2.16. The molecule has 0 bridgehead atoms. The lowest BCUT2D eigenvalue weighted by molar-refractivity contribution is 0.100. The minimum absolute atomic E-state index is 0.249. The van der Waals surface area contributed by atoms with Crippen LogP contribution < -0.4 is 5.73 Å². The quantitative estimate of drug-likeness (QED) is 0.811. The molecule has 0 aliphatic heterocycles. The molecule has 0 atom stereocenters. The van der Waals surface area contributed by atoms with Gasteiger partial charge in [0, 0.05) is 6.20 Å². The number of primary amides is 1. The molecule has 2 aromatic heterocycles. The minimum atomic E-state index is -0.587. The van der Waals surface area contributed by atoms with Crippen molar-refractivity contribution in [1.29, 1.82) is 5.26 Å². The Morgan fingerprint density at radius 3 is 2.72 bits per heavy atom. The van der Waals surface area contributed by atoms with E-state index < -0.39 is 5.91 Å². The third-order valence-corrected chi connectivity index (χ3v) is 2.63. The van der Waals surface area contributed by atoms with Crippen molar-refractivity contribution in [3.05, 3.63) is 34.8 Å². The number of aromatic nitrogens is 4. The Morgan fingerprint density at radius 2 is 2.17 bits per heavy atom. The van der Waals surface area contributed by atoms with Crippen molar-refractivity contribution in [2.45, 2.75) is 13.8 Å². The van der Waals surface area contributed by atoms with Gasteiger partial charge >= 0.3 is 0 Å². The van der Waals surface area contributed by atoms with E-state index in [-0.39, 0.29) is 11.4 Å². The summed E-state index contributed by atoms with van der Waals surface area (Å²) < 4.78 is 1.32. The second kappa shape index (κ2) is 4.25. The van der Waals surface area contributed by atoms with E-state index >= 15 is 0 Å². The molecule has 0 saturated carbocycles. The Kier molecular flexibility index (Phi) is 2.77. The van der Waals surface area contributed by atoms with E-state index in [1.54, 1.807) is 13.8 Å². The Balaban J connectivity index is 2.61. The summed E-state index contributed by atoms with van der Waals surface area (Å²) in [5, 5.41) is 21.0. The molecule has 0 radical (unpaired) electrons. The first-order valence-electron chi connectivity index (χ1n) is 5.13. The van der Waals surface area contributed by atoms with Gasteiger partial charge in [0.25, 0.3) is 5.91 Å². The molecule has 0 unspecified atom stereocenters. The molecule has 1 amide bonds. The SMILES string of the molecule is Cc1nnc(-n2cc(C(N)=O)cn2)c(C#N)c1C. The standard InChI is InChI=1S/C11H10N6O/c1-6-7(2)15-16-11(9(6)3-12)17-5-8(4-14-17)10(13)18/h4-5H,1-2H3,(H2,13,18). The average Bonchev–Trinajstić information content (AvgIpc) is 2.82. The van der Waals surface area contributed by atoms with Gasteiger partial charge in [0.05, 0.1) is 17.5 Å². The van der Waals surface area contributed by atoms with Crippen molar-refractivity contribution in [3.63, 3.8) is 0 Å². The zero-order chi connectivity index (χ0) is 13.3. The zero-order valence-corrected chi connectivity index (χ0v) is 9.88. The van der Waals surface area contributed by atoms with Crippen LogP contribution in [-0.4, -0.2) is 25.9 Å². The number of aryl methyl sites for hydroxylation is 1. The highest BCUT2D eigenvalue weighted by molar-refractivity contribution is 5.92. The molecule has 0 aliphatic rings. The molecule has 0 fully saturated rings. The van der Waals surface area contributed by atoms with Crippen molar-refractivity contribution in [2.24, 2.45) is 5.73 Å². The second-order valence-corrected chi connectivity index (χ2v) is 3.76. The summed E-state index contributed by atoms with van der Waals surface area (Å²) in [7, 11) is 0. The van der Waals surface area contributed by atoms with E-state index in [4.69, 9.17) is 11.0 Å². The molecule has 18 heavy (non-hydrogen) atoms. The van der Waals surface area contributed by atoms with Crippen molar-refractivity contribution in [2.75, 3.05) is 0 Å². The van der Waals surface area contributed by atoms with Crippen LogP contribution in [-0.2, 0) is 0 Å². The first-order chi connectivity index (χ1) is 8.54. The van der Waals surface area contributed by atoms with Crippen LogP contribution in [0.4, 0.5) is 0 Å². The van der Waals surface area contributed by atoms with Gasteiger partial charge in [0.1, 0.15) is 11.6 Å². The smallest absolute Gasteiger partial charge is 0.251 e.